The first-order valence-electron chi connectivity index (χ1n) is 8.16. The van der Waals surface area contributed by atoms with E-state index in [-0.39, 0.29) is 6.61 Å². The number of aliphatic hydroxyl groups is 1. The summed E-state index contributed by atoms with van der Waals surface area (Å²) in [5.74, 6) is 2.26. The lowest BCUT2D eigenvalue weighted by atomic mass is 10.2. The molecule has 4 heteroatoms. The minimum atomic E-state index is 0.0324. The van der Waals surface area contributed by atoms with Crippen LogP contribution in [0.5, 0.6) is 5.75 Å². The maximum atomic E-state index is 9.08. The molecule has 0 aliphatic carbocycles. The first-order valence-corrected chi connectivity index (χ1v) is 8.16. The average molecular weight is 323 g/mol. The van der Waals surface area contributed by atoms with Crippen molar-refractivity contribution < 1.29 is 14.3 Å². The lowest BCUT2D eigenvalue weighted by Crippen LogP contribution is -1.99. The number of rotatable bonds is 7. The lowest BCUT2D eigenvalue weighted by Gasteiger charge is -2.05. The molecule has 3 aromatic rings. The van der Waals surface area contributed by atoms with Gasteiger partial charge < -0.3 is 14.3 Å². The Balaban J connectivity index is 1.77. The number of aryl methyl sites for hydroxylation is 1. The zero-order valence-corrected chi connectivity index (χ0v) is 13.7. The van der Waals surface area contributed by atoms with Gasteiger partial charge in [-0.1, -0.05) is 37.3 Å². The number of hydrogen-bond donors (Lipinski definition) is 1. The van der Waals surface area contributed by atoms with Crippen molar-refractivity contribution in [3.05, 3.63) is 71.6 Å². The largest absolute Gasteiger partial charge is 0.487 e. The van der Waals surface area contributed by atoms with E-state index in [9.17, 15) is 0 Å². The summed E-state index contributed by atoms with van der Waals surface area (Å²) in [5.41, 5.74) is 2.66. The van der Waals surface area contributed by atoms with Crippen molar-refractivity contribution in [2.24, 2.45) is 0 Å². The monoisotopic (exact) mass is 323 g/mol. The summed E-state index contributed by atoms with van der Waals surface area (Å²) in [6, 6.07) is 17.3. The summed E-state index contributed by atoms with van der Waals surface area (Å²) in [6.45, 7) is 2.51. The number of aromatic nitrogens is 1. The fourth-order valence-corrected chi connectivity index (χ4v) is 2.47. The third kappa shape index (κ3) is 3.84. The second-order valence-corrected chi connectivity index (χ2v) is 5.60. The normalized spacial score (nSPS) is 10.8. The van der Waals surface area contributed by atoms with E-state index in [4.69, 9.17) is 14.3 Å². The van der Waals surface area contributed by atoms with Crippen LogP contribution in [-0.4, -0.2) is 10.1 Å². The molecule has 0 radical (unpaired) electrons. The topological polar surface area (TPSA) is 55.5 Å². The zero-order valence-electron chi connectivity index (χ0n) is 13.7. The molecule has 0 saturated heterocycles. The molecule has 0 aliphatic rings. The van der Waals surface area contributed by atoms with Gasteiger partial charge in [0.05, 0.1) is 6.61 Å². The predicted octanol–water partition coefficient (Wildman–Crippen LogP) is 4.37. The molecule has 1 aromatic heterocycles. The Hall–Kier alpha value is -2.59. The Morgan fingerprint density at radius 1 is 1.04 bits per heavy atom. The van der Waals surface area contributed by atoms with Gasteiger partial charge in [0.15, 0.2) is 0 Å². The third-order valence-corrected chi connectivity index (χ3v) is 3.76. The van der Waals surface area contributed by atoms with Crippen LogP contribution < -0.4 is 4.74 Å². The van der Waals surface area contributed by atoms with Gasteiger partial charge in [0.1, 0.15) is 23.8 Å². The minimum Gasteiger partial charge on any atom is -0.487 e. The summed E-state index contributed by atoms with van der Waals surface area (Å²) in [4.78, 5) is 4.62. The number of nitrogens with zero attached hydrogens (tertiary/aromatic N) is 1. The van der Waals surface area contributed by atoms with Crippen LogP contribution in [0, 0.1) is 0 Å². The van der Waals surface area contributed by atoms with Gasteiger partial charge in [-0.2, -0.15) is 0 Å². The summed E-state index contributed by atoms with van der Waals surface area (Å²) >= 11 is 0. The van der Waals surface area contributed by atoms with Crippen LogP contribution in [0.15, 0.2) is 59.0 Å². The lowest BCUT2D eigenvalue weighted by molar-refractivity contribution is 0.280. The number of ether oxygens (including phenoxy) is 1. The quantitative estimate of drug-likeness (QED) is 0.701. The molecule has 1 N–H and O–H groups in total. The minimum absolute atomic E-state index is 0.0324. The zero-order chi connectivity index (χ0) is 16.8. The van der Waals surface area contributed by atoms with E-state index in [1.54, 1.807) is 0 Å². The van der Waals surface area contributed by atoms with Crippen molar-refractivity contribution in [2.45, 2.75) is 33.0 Å². The molecule has 24 heavy (non-hydrogen) atoms. The van der Waals surface area contributed by atoms with Gasteiger partial charge in [0, 0.05) is 12.0 Å². The van der Waals surface area contributed by atoms with Crippen LogP contribution in [0.25, 0.3) is 11.5 Å². The van der Waals surface area contributed by atoms with Crippen molar-refractivity contribution in [3.63, 3.8) is 0 Å². The van der Waals surface area contributed by atoms with Gasteiger partial charge in [-0.15, -0.1) is 0 Å². The Morgan fingerprint density at radius 3 is 2.46 bits per heavy atom. The summed E-state index contributed by atoms with van der Waals surface area (Å²) in [7, 11) is 0. The highest BCUT2D eigenvalue weighted by Gasteiger charge is 2.14. The van der Waals surface area contributed by atoms with Crippen LogP contribution in [-0.2, 0) is 19.6 Å². The molecule has 2 aromatic carbocycles. The van der Waals surface area contributed by atoms with Gasteiger partial charge in [-0.3, -0.25) is 0 Å². The van der Waals surface area contributed by atoms with Crippen LogP contribution >= 0.6 is 0 Å². The molecule has 0 unspecified atom stereocenters. The molecule has 0 saturated carbocycles. The van der Waals surface area contributed by atoms with E-state index in [1.165, 1.54) is 0 Å². The van der Waals surface area contributed by atoms with E-state index in [0.29, 0.717) is 12.5 Å². The Bertz CT molecular complexity index is 763. The Labute approximate surface area is 141 Å². The second-order valence-electron chi connectivity index (χ2n) is 5.60. The second kappa shape index (κ2) is 7.79. The van der Waals surface area contributed by atoms with Crippen molar-refractivity contribution in [2.75, 3.05) is 0 Å². The van der Waals surface area contributed by atoms with Crippen molar-refractivity contribution in [1.82, 2.24) is 4.98 Å². The summed E-state index contributed by atoms with van der Waals surface area (Å²) in [5, 5.41) is 9.08. The highest BCUT2D eigenvalue weighted by atomic mass is 16.5. The number of aliphatic hydroxyl groups excluding tert-OH is 1. The van der Waals surface area contributed by atoms with Crippen LogP contribution in [0.2, 0.25) is 0 Å². The van der Waals surface area contributed by atoms with Gasteiger partial charge in [-0.05, 0) is 36.2 Å². The Kier molecular flexibility index (Phi) is 5.29. The maximum Gasteiger partial charge on any atom is 0.226 e. The Morgan fingerprint density at radius 2 is 1.79 bits per heavy atom. The first kappa shape index (κ1) is 16.3. The molecule has 3 rings (SSSR count). The molecule has 0 fully saturated rings. The van der Waals surface area contributed by atoms with Gasteiger partial charge in [0.2, 0.25) is 5.89 Å². The standard InChI is InChI=1S/C20H21NO3/c1-2-6-19-18(14-23-17-11-9-15(13-22)10-12-17)21-20(24-19)16-7-4-3-5-8-16/h3-5,7-12,22H,2,6,13-14H2,1H3. The van der Waals surface area contributed by atoms with Crippen molar-refractivity contribution >= 4 is 0 Å². The van der Waals surface area contributed by atoms with Crippen LogP contribution in [0.1, 0.15) is 30.4 Å². The fraction of sp³-hybridized carbons (Fsp3) is 0.250. The molecule has 124 valence electrons. The van der Waals surface area contributed by atoms with E-state index in [2.05, 4.69) is 11.9 Å². The maximum absolute atomic E-state index is 9.08. The highest BCUT2D eigenvalue weighted by molar-refractivity contribution is 5.53. The van der Waals surface area contributed by atoms with Crippen LogP contribution in [0.4, 0.5) is 0 Å². The number of benzene rings is 2. The molecule has 0 bridgehead atoms. The molecule has 4 nitrogen and oxygen atoms in total. The van der Waals surface area contributed by atoms with Crippen molar-refractivity contribution in [3.8, 4) is 17.2 Å². The van der Waals surface area contributed by atoms with E-state index in [0.717, 1.165) is 41.2 Å². The predicted molar refractivity (Wildman–Crippen MR) is 92.6 cm³/mol. The SMILES string of the molecule is CCCc1oc(-c2ccccc2)nc1COc1ccc(CO)cc1. The highest BCUT2D eigenvalue weighted by Crippen LogP contribution is 2.24. The molecule has 0 spiro atoms. The molecule has 0 amide bonds. The average Bonchev–Trinajstić information content (AvgIpc) is 3.04. The van der Waals surface area contributed by atoms with Crippen molar-refractivity contribution in [1.29, 1.82) is 0 Å². The number of hydrogen-bond acceptors (Lipinski definition) is 4. The van der Waals surface area contributed by atoms with Gasteiger partial charge in [-0.25, -0.2) is 4.98 Å². The molecular formula is C20H21NO3. The van der Waals surface area contributed by atoms with E-state index < -0.39 is 0 Å². The summed E-state index contributed by atoms with van der Waals surface area (Å²) in [6.07, 6.45) is 1.82. The summed E-state index contributed by atoms with van der Waals surface area (Å²) < 4.78 is 11.8. The van der Waals surface area contributed by atoms with Gasteiger partial charge >= 0.3 is 0 Å². The van der Waals surface area contributed by atoms with E-state index in [1.807, 2.05) is 54.6 Å². The molecular weight excluding hydrogens is 302 g/mol. The molecule has 0 aliphatic heterocycles. The third-order valence-electron chi connectivity index (χ3n) is 3.76. The molecule has 1 heterocycles. The van der Waals surface area contributed by atoms with Gasteiger partial charge in [0.25, 0.3) is 0 Å². The molecule has 0 atom stereocenters. The van der Waals surface area contributed by atoms with E-state index >= 15 is 0 Å². The first-order chi connectivity index (χ1) is 11.8. The fourth-order valence-electron chi connectivity index (χ4n) is 2.47. The smallest absolute Gasteiger partial charge is 0.226 e. The number of oxazole rings is 1. The van der Waals surface area contributed by atoms with Crippen LogP contribution in [0.3, 0.4) is 0 Å².